The van der Waals surface area contributed by atoms with Crippen LogP contribution in [0.3, 0.4) is 0 Å². The first-order chi connectivity index (χ1) is 53.8. The number of fused-ring (bicyclic) bond motifs is 15. The van der Waals surface area contributed by atoms with Crippen LogP contribution in [0.2, 0.25) is 0 Å². The van der Waals surface area contributed by atoms with E-state index in [2.05, 4.69) is 420 Å². The molecule has 6 heterocycles. The molecule has 0 amide bonds. The van der Waals surface area contributed by atoms with Gasteiger partial charge in [0, 0.05) is 82.1 Å². The molecule has 6 heteroatoms. The maximum atomic E-state index is 5.18. The second kappa shape index (κ2) is 25.6. The van der Waals surface area contributed by atoms with Gasteiger partial charge >= 0.3 is 0 Å². The minimum atomic E-state index is -0.0455. The van der Waals surface area contributed by atoms with Gasteiger partial charge in [-0.1, -0.05) is 281 Å². The first kappa shape index (κ1) is 63.3. The number of para-hydroxylation sites is 5. The lowest BCUT2D eigenvalue weighted by molar-refractivity contribution is 0.660. The predicted octanol–water partition coefficient (Wildman–Crippen LogP) is 26.9. The van der Waals surface area contributed by atoms with Gasteiger partial charge in [-0.25, -0.2) is 9.97 Å². The zero-order chi connectivity index (χ0) is 72.3. The van der Waals surface area contributed by atoms with Crippen molar-refractivity contribution in [2.45, 2.75) is 19.3 Å². The van der Waals surface area contributed by atoms with Crippen LogP contribution in [0, 0.1) is 0 Å². The number of rotatable bonds is 10. The van der Waals surface area contributed by atoms with Crippen LogP contribution in [0.4, 0.5) is 0 Å². The lowest BCUT2D eigenvalue weighted by Crippen LogP contribution is -2.15. The van der Waals surface area contributed by atoms with E-state index in [1.165, 1.54) is 121 Å². The highest BCUT2D eigenvalue weighted by molar-refractivity contribution is 6.15. The van der Waals surface area contributed by atoms with Crippen LogP contribution >= 0.6 is 0 Å². The number of hydrogen-bond donors (Lipinski definition) is 0. The Bertz CT molecular complexity index is 6800. The number of pyridine rings is 2. The van der Waals surface area contributed by atoms with Crippen molar-refractivity contribution < 1.29 is 0 Å². The fourth-order valence-electron chi connectivity index (χ4n) is 17.4. The standard InChI is InChI=1S/C58H38N4.C45H32N2/c1-5-17-39(18-6-1)51-35-45(36-52(59-51)40-19-7-2-8-20-40)61-55-27-15-13-25-47(55)49-33-43(29-31-57(49)61)44-30-32-58-50(34-44)48-26-14-16-28-56(48)62(58)46-37-53(41-21-9-3-10-22-41)60-54(38-46)42-23-11-4-12-24-42;1-45(2)39-17-9-6-14-33(39)34-23-22-32(28-40(34)45)47-42-19-11-8-16-36(42)38-27-30(21-25-44(38)47)29-20-24-43-37(26-29)35-15-7-10-18-41(35)46(43)31-12-4-3-5-13-31/h1-38H;3-28H,1-2H3. The van der Waals surface area contributed by atoms with Crippen molar-refractivity contribution in [1.82, 2.24) is 28.2 Å². The fraction of sp³-hybridized carbons (Fsp3) is 0.0291. The molecule has 0 bridgehead atoms. The quantitative estimate of drug-likeness (QED) is 0.137. The van der Waals surface area contributed by atoms with Crippen LogP contribution in [0.5, 0.6) is 0 Å². The molecule has 21 aromatic rings. The van der Waals surface area contributed by atoms with Gasteiger partial charge in [-0.2, -0.15) is 0 Å². The van der Waals surface area contributed by atoms with E-state index in [1.54, 1.807) is 0 Å². The zero-order valence-electron chi connectivity index (χ0n) is 60.1. The summed E-state index contributed by atoms with van der Waals surface area (Å²) in [6, 6.07) is 140. The first-order valence-corrected chi connectivity index (χ1v) is 37.5. The molecular formula is C103H70N6. The molecule has 22 rings (SSSR count). The van der Waals surface area contributed by atoms with Gasteiger partial charge in [0.2, 0.25) is 0 Å². The van der Waals surface area contributed by atoms with Crippen molar-refractivity contribution in [3.8, 4) is 101 Å². The first-order valence-electron chi connectivity index (χ1n) is 37.5. The topological polar surface area (TPSA) is 45.5 Å². The van der Waals surface area contributed by atoms with Gasteiger partial charge in [-0.3, -0.25) is 0 Å². The van der Waals surface area contributed by atoms with Crippen molar-refractivity contribution >= 4 is 87.2 Å². The maximum Gasteiger partial charge on any atom is 0.0730 e. The summed E-state index contributed by atoms with van der Waals surface area (Å²) in [6.45, 7) is 4.71. The van der Waals surface area contributed by atoms with E-state index in [-0.39, 0.29) is 5.41 Å². The summed E-state index contributed by atoms with van der Waals surface area (Å²) in [7, 11) is 0. The molecule has 0 radical (unpaired) electrons. The summed E-state index contributed by atoms with van der Waals surface area (Å²) in [6.07, 6.45) is 0. The second-order valence-corrected chi connectivity index (χ2v) is 29.2. The van der Waals surface area contributed by atoms with Crippen molar-refractivity contribution in [3.63, 3.8) is 0 Å². The van der Waals surface area contributed by atoms with E-state index in [9.17, 15) is 0 Å². The average Bonchev–Trinajstić information content (AvgIpc) is 1.57. The number of benzene rings is 15. The normalized spacial score (nSPS) is 12.4. The van der Waals surface area contributed by atoms with Crippen LogP contribution in [0.25, 0.3) is 188 Å². The van der Waals surface area contributed by atoms with Crippen molar-refractivity contribution in [1.29, 1.82) is 0 Å². The SMILES string of the molecule is CC1(C)c2ccccc2-c2ccc(-n3c4ccccc4c4cc(-c5ccc6c(c5)c5ccccc5n6-c5ccccc5)ccc43)cc21.c1ccc(-c2cc(-n3c4ccccc4c4cc(-c5ccc6c(c5)c5ccccc5n6-c5cc(-c6ccccc6)nc(-c6ccccc6)c5)ccc43)cc(-c3ccccc3)n2)cc1. The van der Waals surface area contributed by atoms with Crippen LogP contribution in [-0.2, 0) is 5.41 Å². The van der Waals surface area contributed by atoms with E-state index < -0.39 is 0 Å². The molecule has 0 fully saturated rings. The zero-order valence-corrected chi connectivity index (χ0v) is 60.1. The van der Waals surface area contributed by atoms with Crippen LogP contribution < -0.4 is 0 Å². The van der Waals surface area contributed by atoms with Crippen molar-refractivity contribution in [3.05, 3.63) is 399 Å². The molecule has 0 saturated heterocycles. The molecule has 109 heavy (non-hydrogen) atoms. The molecule has 1 aliphatic rings. The lowest BCUT2D eigenvalue weighted by Gasteiger charge is -2.22. The average molecular weight is 1390 g/mol. The van der Waals surface area contributed by atoms with E-state index in [4.69, 9.17) is 9.97 Å². The molecule has 0 atom stereocenters. The molecule has 0 unspecified atom stereocenters. The van der Waals surface area contributed by atoms with Gasteiger partial charge in [-0.15, -0.1) is 0 Å². The number of hydrogen-bond acceptors (Lipinski definition) is 2. The largest absolute Gasteiger partial charge is 0.309 e. The van der Waals surface area contributed by atoms with Gasteiger partial charge in [0.15, 0.2) is 0 Å². The summed E-state index contributed by atoms with van der Waals surface area (Å²) < 4.78 is 9.62. The van der Waals surface area contributed by atoms with E-state index in [0.717, 1.165) is 78.5 Å². The third-order valence-corrected chi connectivity index (χ3v) is 22.6. The third-order valence-electron chi connectivity index (χ3n) is 22.6. The third kappa shape index (κ3) is 10.5. The molecule has 1 aliphatic carbocycles. The summed E-state index contributed by atoms with van der Waals surface area (Å²) in [4.78, 5) is 10.4. The summed E-state index contributed by atoms with van der Waals surface area (Å²) in [5.74, 6) is 0. The molecular weight excluding hydrogens is 1320 g/mol. The number of nitrogens with zero attached hydrogens (tertiary/aromatic N) is 6. The molecule has 0 spiro atoms. The monoisotopic (exact) mass is 1390 g/mol. The Morgan fingerprint density at radius 1 is 0.183 bits per heavy atom. The summed E-state index contributed by atoms with van der Waals surface area (Å²) in [5, 5.41) is 9.92. The van der Waals surface area contributed by atoms with Gasteiger partial charge in [0.25, 0.3) is 0 Å². The van der Waals surface area contributed by atoms with Crippen molar-refractivity contribution in [2.75, 3.05) is 0 Å². The smallest absolute Gasteiger partial charge is 0.0730 e. The Hall–Kier alpha value is -14.2. The maximum absolute atomic E-state index is 5.18. The molecule has 6 nitrogen and oxygen atoms in total. The van der Waals surface area contributed by atoms with E-state index in [1.807, 2.05) is 0 Å². The Morgan fingerprint density at radius 2 is 0.459 bits per heavy atom. The lowest BCUT2D eigenvalue weighted by atomic mass is 9.82. The minimum absolute atomic E-state index is 0.0455. The minimum Gasteiger partial charge on any atom is -0.309 e. The highest BCUT2D eigenvalue weighted by atomic mass is 15.0. The molecule has 0 N–H and O–H groups in total. The predicted molar refractivity (Wildman–Crippen MR) is 456 cm³/mol. The van der Waals surface area contributed by atoms with Gasteiger partial charge in [-0.05, 0) is 166 Å². The Labute approximate surface area is 631 Å². The second-order valence-electron chi connectivity index (χ2n) is 29.2. The number of aromatic nitrogens is 6. The Balaban J connectivity index is 0.000000144. The Morgan fingerprint density at radius 3 is 0.817 bits per heavy atom. The molecule has 6 aromatic heterocycles. The van der Waals surface area contributed by atoms with Crippen LogP contribution in [-0.4, -0.2) is 28.2 Å². The Kier molecular flexibility index (Phi) is 14.8. The van der Waals surface area contributed by atoms with E-state index in [0.29, 0.717) is 0 Å². The molecule has 0 saturated carbocycles. The molecule has 512 valence electrons. The van der Waals surface area contributed by atoms with E-state index >= 15 is 0 Å². The van der Waals surface area contributed by atoms with Gasteiger partial charge < -0.3 is 18.3 Å². The molecule has 15 aromatic carbocycles. The highest BCUT2D eigenvalue weighted by Gasteiger charge is 2.36. The molecule has 0 aliphatic heterocycles. The van der Waals surface area contributed by atoms with Crippen molar-refractivity contribution in [2.24, 2.45) is 0 Å². The fourth-order valence-corrected chi connectivity index (χ4v) is 17.4. The highest BCUT2D eigenvalue weighted by Crippen LogP contribution is 2.50. The van der Waals surface area contributed by atoms with Gasteiger partial charge in [0.1, 0.15) is 0 Å². The van der Waals surface area contributed by atoms with Crippen LogP contribution in [0.15, 0.2) is 388 Å². The summed E-state index contributed by atoms with van der Waals surface area (Å²) >= 11 is 0. The summed E-state index contributed by atoms with van der Waals surface area (Å²) in [5.41, 5.74) is 32.4. The van der Waals surface area contributed by atoms with Gasteiger partial charge in [0.05, 0.1) is 78.3 Å². The van der Waals surface area contributed by atoms with Crippen LogP contribution in [0.1, 0.15) is 25.0 Å².